The maximum Gasteiger partial charge on any atom is 0.258 e. The van der Waals surface area contributed by atoms with E-state index in [9.17, 15) is 4.79 Å². The number of fused-ring (bicyclic) bond motifs is 4. The molecule has 3 aromatic rings. The maximum absolute atomic E-state index is 13.8. The smallest absolute Gasteiger partial charge is 0.258 e. The van der Waals surface area contributed by atoms with E-state index in [1.807, 2.05) is 0 Å². The van der Waals surface area contributed by atoms with Crippen LogP contribution in [-0.4, -0.2) is 60.3 Å². The number of aryl methyl sites for hydroxylation is 1. The van der Waals surface area contributed by atoms with Crippen LogP contribution in [0.2, 0.25) is 0 Å². The third-order valence-electron chi connectivity index (χ3n) is 8.27. The molecule has 6 rings (SSSR count). The average Bonchev–Trinajstić information content (AvgIpc) is 2.91. The fourth-order valence-corrected chi connectivity index (χ4v) is 6.51. The number of benzene rings is 2. The summed E-state index contributed by atoms with van der Waals surface area (Å²) in [7, 11) is 0. The summed E-state index contributed by atoms with van der Waals surface area (Å²) in [4.78, 5) is 18.9. The zero-order valence-electron chi connectivity index (χ0n) is 21.1. The van der Waals surface area contributed by atoms with Gasteiger partial charge in [0.1, 0.15) is 0 Å². The van der Waals surface area contributed by atoms with E-state index in [4.69, 9.17) is 4.74 Å². The SMILES string of the molecule is O=c1c(-c2ccccc2CN2CCOCC2)ccc2n1C[C@H]1C[C@@H]2CN(CCCc2ccccc2)C1. The van der Waals surface area contributed by atoms with Crippen LogP contribution < -0.4 is 5.56 Å². The van der Waals surface area contributed by atoms with E-state index in [1.165, 1.54) is 29.7 Å². The molecule has 2 fully saturated rings. The van der Waals surface area contributed by atoms with Gasteiger partial charge in [-0.25, -0.2) is 0 Å². The van der Waals surface area contributed by atoms with Gasteiger partial charge in [0.15, 0.2) is 0 Å². The summed E-state index contributed by atoms with van der Waals surface area (Å²) in [6.07, 6.45) is 3.53. The predicted octanol–water partition coefficient (Wildman–Crippen LogP) is 4.40. The molecule has 2 aromatic carbocycles. The van der Waals surface area contributed by atoms with E-state index in [0.29, 0.717) is 11.8 Å². The van der Waals surface area contributed by atoms with Crippen LogP contribution >= 0.6 is 0 Å². The molecule has 188 valence electrons. The number of pyridine rings is 1. The monoisotopic (exact) mass is 483 g/mol. The highest BCUT2D eigenvalue weighted by Crippen LogP contribution is 2.36. The summed E-state index contributed by atoms with van der Waals surface area (Å²) in [5.74, 6) is 1.02. The van der Waals surface area contributed by atoms with Crippen molar-refractivity contribution in [2.24, 2.45) is 5.92 Å². The third-order valence-corrected chi connectivity index (χ3v) is 8.27. The Kier molecular flexibility index (Phi) is 7.04. The molecule has 0 aliphatic carbocycles. The van der Waals surface area contributed by atoms with Crippen molar-refractivity contribution in [1.82, 2.24) is 14.4 Å². The minimum absolute atomic E-state index is 0.189. The van der Waals surface area contributed by atoms with Crippen molar-refractivity contribution in [2.45, 2.75) is 38.3 Å². The molecule has 5 nitrogen and oxygen atoms in total. The van der Waals surface area contributed by atoms with E-state index in [0.717, 1.165) is 76.6 Å². The van der Waals surface area contributed by atoms with Crippen LogP contribution in [0.5, 0.6) is 0 Å². The van der Waals surface area contributed by atoms with Gasteiger partial charge in [-0.1, -0.05) is 54.6 Å². The first-order valence-corrected chi connectivity index (χ1v) is 13.6. The Balaban J connectivity index is 1.18. The van der Waals surface area contributed by atoms with Crippen LogP contribution in [0, 0.1) is 5.92 Å². The Morgan fingerprint density at radius 1 is 0.806 bits per heavy atom. The lowest BCUT2D eigenvalue weighted by atomic mass is 9.82. The molecular formula is C31H37N3O2. The van der Waals surface area contributed by atoms with E-state index >= 15 is 0 Å². The highest BCUT2D eigenvalue weighted by atomic mass is 16.5. The molecule has 5 heteroatoms. The lowest BCUT2D eigenvalue weighted by molar-refractivity contribution is 0.0342. The first-order chi connectivity index (χ1) is 17.7. The Morgan fingerprint density at radius 3 is 2.47 bits per heavy atom. The highest BCUT2D eigenvalue weighted by Gasteiger charge is 2.35. The number of hydrogen-bond donors (Lipinski definition) is 0. The summed E-state index contributed by atoms with van der Waals surface area (Å²) in [6.45, 7) is 8.49. The molecule has 3 aliphatic heterocycles. The number of piperidine rings is 1. The second-order valence-electron chi connectivity index (χ2n) is 10.8. The van der Waals surface area contributed by atoms with Gasteiger partial charge < -0.3 is 14.2 Å². The average molecular weight is 484 g/mol. The Hall–Kier alpha value is -2.73. The van der Waals surface area contributed by atoms with Gasteiger partial charge in [0, 0.05) is 56.4 Å². The van der Waals surface area contributed by atoms with Gasteiger partial charge in [0.2, 0.25) is 0 Å². The number of aromatic nitrogens is 1. The third kappa shape index (κ3) is 5.06. The van der Waals surface area contributed by atoms with Crippen LogP contribution in [0.4, 0.5) is 0 Å². The van der Waals surface area contributed by atoms with Crippen molar-refractivity contribution in [1.29, 1.82) is 0 Å². The summed E-state index contributed by atoms with van der Waals surface area (Å²) < 4.78 is 7.63. The number of rotatable bonds is 7. The van der Waals surface area contributed by atoms with Crippen molar-refractivity contribution in [3.05, 3.63) is 93.9 Å². The van der Waals surface area contributed by atoms with E-state index in [1.54, 1.807) is 0 Å². The van der Waals surface area contributed by atoms with Gasteiger partial charge in [0.05, 0.1) is 13.2 Å². The number of likely N-dealkylation sites (tertiary alicyclic amines) is 1. The van der Waals surface area contributed by atoms with Crippen molar-refractivity contribution in [2.75, 3.05) is 45.9 Å². The van der Waals surface area contributed by atoms with Crippen molar-refractivity contribution < 1.29 is 4.74 Å². The van der Waals surface area contributed by atoms with E-state index in [-0.39, 0.29) is 5.56 Å². The van der Waals surface area contributed by atoms with Gasteiger partial charge in [-0.2, -0.15) is 0 Å². The van der Waals surface area contributed by atoms with Crippen molar-refractivity contribution >= 4 is 0 Å². The minimum Gasteiger partial charge on any atom is -0.379 e. The molecule has 0 spiro atoms. The molecule has 1 aromatic heterocycles. The fraction of sp³-hybridized carbons (Fsp3) is 0.452. The maximum atomic E-state index is 13.8. The van der Waals surface area contributed by atoms with Crippen LogP contribution in [0.15, 0.2) is 71.5 Å². The van der Waals surface area contributed by atoms with Crippen molar-refractivity contribution in [3.63, 3.8) is 0 Å². The quantitative estimate of drug-likeness (QED) is 0.499. The Morgan fingerprint density at radius 2 is 1.61 bits per heavy atom. The molecule has 0 amide bonds. The minimum atomic E-state index is 0.189. The molecule has 0 unspecified atom stereocenters. The van der Waals surface area contributed by atoms with Gasteiger partial charge in [-0.05, 0) is 60.5 Å². The number of hydrogen-bond acceptors (Lipinski definition) is 4. The second-order valence-corrected chi connectivity index (χ2v) is 10.8. The molecular weight excluding hydrogens is 446 g/mol. The largest absolute Gasteiger partial charge is 0.379 e. The molecule has 2 atom stereocenters. The first-order valence-electron chi connectivity index (χ1n) is 13.6. The molecule has 0 N–H and O–H groups in total. The van der Waals surface area contributed by atoms with Crippen LogP contribution in [0.25, 0.3) is 11.1 Å². The Labute approximate surface area is 214 Å². The molecule has 2 bridgehead atoms. The number of morpholine rings is 1. The summed E-state index contributed by atoms with van der Waals surface area (Å²) in [5.41, 5.74) is 6.02. The lowest BCUT2D eigenvalue weighted by Gasteiger charge is -2.43. The van der Waals surface area contributed by atoms with Crippen LogP contribution in [0.3, 0.4) is 0 Å². The Bertz CT molecular complexity index is 1230. The van der Waals surface area contributed by atoms with Crippen LogP contribution in [-0.2, 0) is 24.2 Å². The fourth-order valence-electron chi connectivity index (χ4n) is 6.51. The zero-order chi connectivity index (χ0) is 24.3. The standard InChI is InChI=1S/C31H37N3O2/c35-31-29(28-11-5-4-10-26(28)22-32-15-17-36-18-16-32)12-13-30-27-19-25(21-34(30)31)20-33(23-27)14-6-9-24-7-2-1-3-8-24/h1-5,7-8,10-13,25,27H,6,9,14-23H2/t25-,27+/m0/s1. The molecule has 4 heterocycles. The summed E-state index contributed by atoms with van der Waals surface area (Å²) in [6, 6.07) is 23.6. The van der Waals surface area contributed by atoms with E-state index < -0.39 is 0 Å². The van der Waals surface area contributed by atoms with E-state index in [2.05, 4.69) is 81.1 Å². The zero-order valence-corrected chi connectivity index (χ0v) is 21.1. The molecule has 0 saturated carbocycles. The number of ether oxygens (including phenoxy) is 1. The topological polar surface area (TPSA) is 37.7 Å². The van der Waals surface area contributed by atoms with Gasteiger partial charge in [0.25, 0.3) is 5.56 Å². The van der Waals surface area contributed by atoms with Gasteiger partial charge >= 0.3 is 0 Å². The summed E-state index contributed by atoms with van der Waals surface area (Å²) in [5, 5.41) is 0. The van der Waals surface area contributed by atoms with Gasteiger partial charge in [-0.15, -0.1) is 0 Å². The molecule has 0 radical (unpaired) electrons. The molecule has 36 heavy (non-hydrogen) atoms. The summed E-state index contributed by atoms with van der Waals surface area (Å²) >= 11 is 0. The number of nitrogens with zero attached hydrogens (tertiary/aromatic N) is 3. The first kappa shape index (κ1) is 23.7. The molecule has 2 saturated heterocycles. The van der Waals surface area contributed by atoms with Gasteiger partial charge in [-0.3, -0.25) is 9.69 Å². The molecule has 3 aliphatic rings. The normalized spacial score (nSPS) is 22.3. The highest BCUT2D eigenvalue weighted by molar-refractivity contribution is 5.66. The lowest BCUT2D eigenvalue weighted by Crippen LogP contribution is -2.47. The van der Waals surface area contributed by atoms with Crippen LogP contribution in [0.1, 0.15) is 35.6 Å². The second kappa shape index (κ2) is 10.7. The van der Waals surface area contributed by atoms with Crippen molar-refractivity contribution in [3.8, 4) is 11.1 Å². The predicted molar refractivity (Wildman–Crippen MR) is 144 cm³/mol.